The van der Waals surface area contributed by atoms with E-state index in [4.69, 9.17) is 13.9 Å². The maximum Gasteiger partial charge on any atom is 0.453 e. The fraction of sp³-hybridized carbons (Fsp3) is 0.385. The van der Waals surface area contributed by atoms with Crippen LogP contribution < -0.4 is 10.2 Å². The Morgan fingerprint density at radius 3 is 2.56 bits per heavy atom. The van der Waals surface area contributed by atoms with E-state index in [2.05, 4.69) is 6.92 Å². The highest BCUT2D eigenvalue weighted by Gasteiger charge is 2.41. The molecule has 3 aromatic rings. The summed E-state index contributed by atoms with van der Waals surface area (Å²) in [6.07, 6.45) is -3.07. The van der Waals surface area contributed by atoms with Crippen molar-refractivity contribution in [1.82, 2.24) is 4.90 Å². The molecule has 0 radical (unpaired) electrons. The van der Waals surface area contributed by atoms with E-state index >= 15 is 0 Å². The smallest absolute Gasteiger partial charge is 0.453 e. The molecular formula is C26H26F3NO6. The highest BCUT2D eigenvalue weighted by molar-refractivity contribution is 5.89. The number of likely N-dealkylation sites (tertiary alicyclic amines) is 1. The van der Waals surface area contributed by atoms with E-state index < -0.39 is 29.1 Å². The minimum atomic E-state index is -5.05. The van der Waals surface area contributed by atoms with Crippen LogP contribution in [0, 0.1) is 5.92 Å². The van der Waals surface area contributed by atoms with Crippen LogP contribution in [0.5, 0.6) is 17.2 Å². The van der Waals surface area contributed by atoms with Crippen LogP contribution in [0.3, 0.4) is 0 Å². The SMILES string of the molecule is CCOC(=O)c1ccc(Oc2c(C(F)(F)F)oc3c(CN4CCCC(C)C4)c(O)ccc3c2=O)cc1. The lowest BCUT2D eigenvalue weighted by molar-refractivity contribution is -0.154. The van der Waals surface area contributed by atoms with Crippen LogP contribution in [0.25, 0.3) is 11.0 Å². The monoisotopic (exact) mass is 505 g/mol. The number of rotatable bonds is 6. The zero-order valence-corrected chi connectivity index (χ0v) is 19.9. The normalized spacial score (nSPS) is 16.8. The molecule has 0 bridgehead atoms. The van der Waals surface area contributed by atoms with Crippen molar-refractivity contribution in [3.8, 4) is 17.2 Å². The van der Waals surface area contributed by atoms with Crippen molar-refractivity contribution in [2.24, 2.45) is 5.92 Å². The summed E-state index contributed by atoms with van der Waals surface area (Å²) in [6, 6.07) is 7.65. The number of nitrogens with zero attached hydrogens (tertiary/aromatic N) is 1. The van der Waals surface area contributed by atoms with Crippen molar-refractivity contribution < 1.29 is 37.0 Å². The van der Waals surface area contributed by atoms with E-state index in [9.17, 15) is 27.9 Å². The Bertz CT molecular complexity index is 1320. The number of alkyl halides is 3. The summed E-state index contributed by atoms with van der Waals surface area (Å²) in [5.74, 6) is -3.17. The molecule has 0 saturated carbocycles. The van der Waals surface area contributed by atoms with E-state index in [1.165, 1.54) is 36.4 Å². The number of carbonyl (C=O) groups excluding carboxylic acids is 1. The van der Waals surface area contributed by atoms with Gasteiger partial charge in [0, 0.05) is 13.1 Å². The van der Waals surface area contributed by atoms with Crippen LogP contribution in [0.15, 0.2) is 45.6 Å². The van der Waals surface area contributed by atoms with Gasteiger partial charge in [-0.3, -0.25) is 9.69 Å². The molecule has 1 atom stereocenters. The van der Waals surface area contributed by atoms with Crippen molar-refractivity contribution in [3.63, 3.8) is 0 Å². The summed E-state index contributed by atoms with van der Waals surface area (Å²) in [5.41, 5.74) is -1.05. The van der Waals surface area contributed by atoms with Crippen LogP contribution in [0.2, 0.25) is 0 Å². The number of hydrogen-bond donors (Lipinski definition) is 1. The number of fused-ring (bicyclic) bond motifs is 1. The number of ether oxygens (including phenoxy) is 2. The molecule has 4 rings (SSSR count). The Balaban J connectivity index is 1.77. The lowest BCUT2D eigenvalue weighted by Crippen LogP contribution is -2.33. The molecule has 36 heavy (non-hydrogen) atoms. The Morgan fingerprint density at radius 1 is 1.19 bits per heavy atom. The first-order valence-corrected chi connectivity index (χ1v) is 11.6. The maximum absolute atomic E-state index is 14.0. The van der Waals surface area contributed by atoms with Gasteiger partial charge in [-0.05, 0) is 68.6 Å². The number of esters is 1. The minimum Gasteiger partial charge on any atom is -0.507 e. The van der Waals surface area contributed by atoms with E-state index in [0.717, 1.165) is 25.9 Å². The molecule has 192 valence electrons. The Kier molecular flexibility index (Phi) is 7.26. The van der Waals surface area contributed by atoms with Gasteiger partial charge in [0.25, 0.3) is 5.76 Å². The fourth-order valence-electron chi connectivity index (χ4n) is 4.36. The van der Waals surface area contributed by atoms with E-state index in [0.29, 0.717) is 5.92 Å². The predicted octanol–water partition coefficient (Wildman–Crippen LogP) is 5.72. The zero-order chi connectivity index (χ0) is 26.0. The van der Waals surface area contributed by atoms with Gasteiger partial charge in [-0.1, -0.05) is 6.92 Å². The van der Waals surface area contributed by atoms with Crippen LogP contribution >= 0.6 is 0 Å². The summed E-state index contributed by atoms with van der Waals surface area (Å²) >= 11 is 0. The Hall–Kier alpha value is -3.53. The number of hydrogen-bond acceptors (Lipinski definition) is 7. The standard InChI is InChI=1S/C26H26F3NO6/c1-3-34-25(33)16-6-8-17(9-7-16)35-23-21(32)18-10-11-20(31)19(14-30-12-4-5-15(2)13-30)22(18)36-24(23)26(27,28)29/h6-11,15,31H,3-5,12-14H2,1-2H3. The van der Waals surface area contributed by atoms with Gasteiger partial charge in [0.1, 0.15) is 17.1 Å². The second-order valence-corrected chi connectivity index (χ2v) is 8.86. The van der Waals surface area contributed by atoms with E-state index in [1.54, 1.807) is 6.92 Å². The number of aromatic hydroxyl groups is 1. The fourth-order valence-corrected chi connectivity index (χ4v) is 4.36. The lowest BCUT2D eigenvalue weighted by atomic mass is 9.99. The third-order valence-corrected chi connectivity index (χ3v) is 6.06. The number of benzene rings is 2. The number of phenolic OH excluding ortho intramolecular Hbond substituents is 1. The highest BCUT2D eigenvalue weighted by atomic mass is 19.4. The molecular weight excluding hydrogens is 479 g/mol. The van der Waals surface area contributed by atoms with Gasteiger partial charge in [-0.25, -0.2) is 4.79 Å². The van der Waals surface area contributed by atoms with Crippen molar-refractivity contribution in [2.45, 2.75) is 39.4 Å². The number of carbonyl (C=O) groups is 1. The van der Waals surface area contributed by atoms with Crippen LogP contribution in [-0.4, -0.2) is 35.7 Å². The van der Waals surface area contributed by atoms with E-state index in [-0.39, 0.29) is 46.7 Å². The van der Waals surface area contributed by atoms with Crippen molar-refractivity contribution in [2.75, 3.05) is 19.7 Å². The van der Waals surface area contributed by atoms with Gasteiger partial charge in [0.15, 0.2) is 0 Å². The average Bonchev–Trinajstić information content (AvgIpc) is 2.82. The van der Waals surface area contributed by atoms with Gasteiger partial charge in [-0.15, -0.1) is 0 Å². The van der Waals surface area contributed by atoms with Gasteiger partial charge in [0.05, 0.1) is 23.1 Å². The highest BCUT2D eigenvalue weighted by Crippen LogP contribution is 2.40. The number of piperidine rings is 1. The third-order valence-electron chi connectivity index (χ3n) is 6.06. The molecule has 0 aliphatic carbocycles. The second kappa shape index (κ2) is 10.2. The Morgan fingerprint density at radius 2 is 1.92 bits per heavy atom. The molecule has 1 aliphatic rings. The quantitative estimate of drug-likeness (QED) is 0.429. The summed E-state index contributed by atoms with van der Waals surface area (Å²) in [7, 11) is 0. The summed E-state index contributed by atoms with van der Waals surface area (Å²) in [6.45, 7) is 5.47. The molecule has 7 nitrogen and oxygen atoms in total. The summed E-state index contributed by atoms with van der Waals surface area (Å²) in [5, 5.41) is 10.3. The average molecular weight is 505 g/mol. The Labute approximate surface area is 205 Å². The van der Waals surface area contributed by atoms with Gasteiger partial charge < -0.3 is 19.0 Å². The molecule has 1 fully saturated rings. The lowest BCUT2D eigenvalue weighted by Gasteiger charge is -2.31. The first-order valence-electron chi connectivity index (χ1n) is 11.6. The van der Waals surface area contributed by atoms with Gasteiger partial charge >= 0.3 is 12.1 Å². The molecule has 1 N–H and O–H groups in total. The van der Waals surface area contributed by atoms with Gasteiger partial charge in [-0.2, -0.15) is 13.2 Å². The van der Waals surface area contributed by atoms with Crippen molar-refractivity contribution in [1.29, 1.82) is 0 Å². The molecule has 1 saturated heterocycles. The van der Waals surface area contributed by atoms with Crippen LogP contribution in [-0.2, 0) is 17.5 Å². The molecule has 1 aliphatic heterocycles. The minimum absolute atomic E-state index is 0.0958. The van der Waals surface area contributed by atoms with Crippen LogP contribution in [0.1, 0.15) is 48.4 Å². The molecule has 1 unspecified atom stereocenters. The third kappa shape index (κ3) is 5.33. The first kappa shape index (κ1) is 25.6. The second-order valence-electron chi connectivity index (χ2n) is 8.86. The predicted molar refractivity (Wildman–Crippen MR) is 125 cm³/mol. The molecule has 0 spiro atoms. The number of halogens is 3. The zero-order valence-electron chi connectivity index (χ0n) is 19.9. The largest absolute Gasteiger partial charge is 0.507 e. The molecule has 2 heterocycles. The molecule has 0 amide bonds. The topological polar surface area (TPSA) is 89.2 Å². The van der Waals surface area contributed by atoms with Gasteiger partial charge in [0.2, 0.25) is 11.2 Å². The number of phenols is 1. The van der Waals surface area contributed by atoms with Crippen molar-refractivity contribution in [3.05, 3.63) is 63.5 Å². The maximum atomic E-state index is 14.0. The van der Waals surface area contributed by atoms with Crippen molar-refractivity contribution >= 4 is 16.9 Å². The van der Waals surface area contributed by atoms with E-state index in [1.807, 2.05) is 4.90 Å². The summed E-state index contributed by atoms with van der Waals surface area (Å²) in [4.78, 5) is 27.1. The molecule has 1 aromatic heterocycles. The molecule has 10 heteroatoms. The molecule has 2 aromatic carbocycles. The summed E-state index contributed by atoms with van der Waals surface area (Å²) < 4.78 is 57.5. The first-order chi connectivity index (χ1) is 17.1. The van der Waals surface area contributed by atoms with Crippen LogP contribution in [0.4, 0.5) is 13.2 Å².